The highest BCUT2D eigenvalue weighted by molar-refractivity contribution is 7.48. The van der Waals surface area contributed by atoms with Gasteiger partial charge in [0.05, 0.1) is 0 Å². The van der Waals surface area contributed by atoms with Crippen LogP contribution in [0.3, 0.4) is 0 Å². The second-order valence-electron chi connectivity index (χ2n) is 9.39. The van der Waals surface area contributed by atoms with Crippen molar-refractivity contribution in [3.05, 3.63) is 23.8 Å². The van der Waals surface area contributed by atoms with E-state index in [1.54, 1.807) is 6.92 Å². The van der Waals surface area contributed by atoms with E-state index in [-0.39, 0.29) is 5.57 Å². The number of rotatable bonds is 16. The summed E-state index contributed by atoms with van der Waals surface area (Å²) in [5, 5.41) is 0. The maximum Gasteiger partial charge on any atom is 0.589 e. The molecule has 0 amide bonds. The number of allylic oxidation sites excluding steroid dienone is 1. The van der Waals surface area contributed by atoms with Gasteiger partial charge in [-0.3, -0.25) is 4.89 Å². The van der Waals surface area contributed by atoms with Gasteiger partial charge in [-0.2, -0.15) is 0 Å². The number of carbonyl (C=O) groups excluding carboxylic acids is 2. The number of hydrogen-bond acceptors (Lipinski definition) is 5. The molecule has 31 heavy (non-hydrogen) atoms. The van der Waals surface area contributed by atoms with Crippen molar-refractivity contribution in [1.82, 2.24) is 0 Å². The number of carbonyl (C=O) groups is 2. The smallest absolute Gasteiger partial charge is 0.358 e. The van der Waals surface area contributed by atoms with Gasteiger partial charge in [0.1, 0.15) is 0 Å². The molecule has 0 spiro atoms. The van der Waals surface area contributed by atoms with Crippen molar-refractivity contribution in [1.29, 1.82) is 0 Å². The van der Waals surface area contributed by atoms with E-state index in [1.165, 1.54) is 51.5 Å². The molecular weight excluding hydrogens is 415 g/mol. The van der Waals surface area contributed by atoms with Gasteiger partial charge in [0.15, 0.2) is 0 Å². The Bertz CT molecular complexity index is 652. The lowest BCUT2D eigenvalue weighted by Crippen LogP contribution is -2.08. The van der Waals surface area contributed by atoms with Crippen molar-refractivity contribution >= 4 is 19.8 Å². The normalized spacial score (nSPS) is 15.8. The molecule has 0 rings (SSSR count). The van der Waals surface area contributed by atoms with Crippen LogP contribution in [0.4, 0.5) is 0 Å². The highest BCUT2D eigenvalue weighted by Gasteiger charge is 2.30. The first-order valence-corrected chi connectivity index (χ1v) is 12.9. The molecule has 0 fully saturated rings. The van der Waals surface area contributed by atoms with Gasteiger partial charge in [0, 0.05) is 11.6 Å². The fourth-order valence-corrected chi connectivity index (χ4v) is 4.00. The largest absolute Gasteiger partial charge is 0.589 e. The molecule has 0 radical (unpaired) electrons. The van der Waals surface area contributed by atoms with Crippen molar-refractivity contribution in [3.8, 4) is 0 Å². The van der Waals surface area contributed by atoms with Crippen molar-refractivity contribution < 1.29 is 28.1 Å². The molecule has 0 bridgehead atoms. The van der Waals surface area contributed by atoms with E-state index < -0.39 is 19.8 Å². The fraction of sp³-hybridized carbons (Fsp3) is 0.750. The first kappa shape index (κ1) is 29.6. The zero-order valence-corrected chi connectivity index (χ0v) is 21.2. The van der Waals surface area contributed by atoms with Crippen LogP contribution in [0.25, 0.3) is 0 Å². The molecule has 7 heteroatoms. The summed E-state index contributed by atoms with van der Waals surface area (Å²) in [4.78, 5) is 32.5. The van der Waals surface area contributed by atoms with E-state index in [2.05, 4.69) is 43.3 Å². The Morgan fingerprint density at radius 3 is 1.87 bits per heavy atom. The van der Waals surface area contributed by atoms with Crippen LogP contribution in [0.2, 0.25) is 0 Å². The molecule has 3 atom stereocenters. The molecule has 0 aliphatic carbocycles. The number of hydrogen-bond donors (Lipinski definition) is 1. The predicted octanol–water partition coefficient (Wildman–Crippen LogP) is 7.13. The first-order valence-electron chi connectivity index (χ1n) is 11.4. The Kier molecular flexibility index (Phi) is 14.7. The van der Waals surface area contributed by atoms with Crippen LogP contribution in [0.5, 0.6) is 0 Å². The molecule has 180 valence electrons. The molecule has 0 saturated heterocycles. The third-order valence-electron chi connectivity index (χ3n) is 5.26. The van der Waals surface area contributed by atoms with E-state index in [9.17, 15) is 19.0 Å². The SMILES string of the molecule is C=C(C)C(=O)OP(=O)(O)OC(=O)/C=C(\C)CCC[C@H](C)CCC[C@H](C)CCCC(C)C. The monoisotopic (exact) mass is 458 g/mol. The van der Waals surface area contributed by atoms with Crippen molar-refractivity contribution in [2.75, 3.05) is 0 Å². The van der Waals surface area contributed by atoms with Gasteiger partial charge < -0.3 is 9.05 Å². The lowest BCUT2D eigenvalue weighted by atomic mass is 9.91. The Balaban J connectivity index is 4.12. The van der Waals surface area contributed by atoms with Crippen molar-refractivity contribution in [3.63, 3.8) is 0 Å². The minimum Gasteiger partial charge on any atom is -0.358 e. The molecule has 0 aliphatic heterocycles. The zero-order chi connectivity index (χ0) is 24.0. The maximum absolute atomic E-state index is 11.8. The minimum absolute atomic E-state index is 0.0632. The predicted molar refractivity (Wildman–Crippen MR) is 125 cm³/mol. The summed E-state index contributed by atoms with van der Waals surface area (Å²) in [6, 6.07) is 0. The Labute approximate surface area is 189 Å². The number of phosphoric ester groups is 1. The van der Waals surface area contributed by atoms with E-state index in [4.69, 9.17) is 0 Å². The summed E-state index contributed by atoms with van der Waals surface area (Å²) in [5.74, 6) is 0.121. The van der Waals surface area contributed by atoms with Crippen LogP contribution in [-0.4, -0.2) is 16.8 Å². The topological polar surface area (TPSA) is 89.9 Å². The van der Waals surface area contributed by atoms with Gasteiger partial charge in [-0.1, -0.05) is 84.8 Å². The summed E-state index contributed by atoms with van der Waals surface area (Å²) in [7, 11) is -4.79. The Morgan fingerprint density at radius 1 is 0.903 bits per heavy atom. The second-order valence-corrected chi connectivity index (χ2v) is 10.7. The van der Waals surface area contributed by atoms with Crippen LogP contribution >= 0.6 is 7.82 Å². The molecule has 1 unspecified atom stereocenters. The van der Waals surface area contributed by atoms with Gasteiger partial charge in [-0.05, 0) is 44.4 Å². The maximum atomic E-state index is 11.8. The standard InChI is InChI=1S/C24H43O6P/c1-18(2)11-8-12-20(5)13-9-14-21(6)15-10-16-22(7)17-23(25)29-31(27,28)30-24(26)19(3)4/h17-18,20-21H,3,8-16H2,1-2,4-7H3,(H,27,28)/b22-17+/t20-,21-/m1/s1. The lowest BCUT2D eigenvalue weighted by molar-refractivity contribution is -0.135. The van der Waals surface area contributed by atoms with Crippen molar-refractivity contribution in [2.45, 2.75) is 99.3 Å². The summed E-state index contributed by atoms with van der Waals surface area (Å²) >= 11 is 0. The van der Waals surface area contributed by atoms with Gasteiger partial charge in [0.25, 0.3) is 0 Å². The summed E-state index contributed by atoms with van der Waals surface area (Å²) in [6.07, 6.45) is 11.6. The summed E-state index contributed by atoms with van der Waals surface area (Å²) < 4.78 is 20.3. The fourth-order valence-electron chi connectivity index (χ4n) is 3.32. The molecule has 6 nitrogen and oxygen atoms in total. The van der Waals surface area contributed by atoms with Gasteiger partial charge in [0.2, 0.25) is 0 Å². The highest BCUT2D eigenvalue weighted by Crippen LogP contribution is 2.44. The Hall–Kier alpha value is -1.39. The molecule has 0 aromatic rings. The molecular formula is C24H43O6P. The molecule has 0 heterocycles. The molecule has 0 aromatic carbocycles. The van der Waals surface area contributed by atoms with Crippen molar-refractivity contribution in [2.24, 2.45) is 17.8 Å². The zero-order valence-electron chi connectivity index (χ0n) is 20.3. The number of phosphoric acid groups is 1. The third-order valence-corrected chi connectivity index (χ3v) is 6.06. The first-order chi connectivity index (χ1) is 14.3. The molecule has 0 saturated carbocycles. The highest BCUT2D eigenvalue weighted by atomic mass is 31.2. The van der Waals surface area contributed by atoms with E-state index in [0.29, 0.717) is 12.3 Å². The summed E-state index contributed by atoms with van der Waals surface area (Å²) in [5.41, 5.74) is 0.689. The lowest BCUT2D eigenvalue weighted by Gasteiger charge is -2.15. The second kappa shape index (κ2) is 15.4. The Morgan fingerprint density at radius 2 is 1.39 bits per heavy atom. The molecule has 0 aromatic heterocycles. The van der Waals surface area contributed by atoms with Gasteiger partial charge in [-0.25, -0.2) is 14.2 Å². The average Bonchev–Trinajstić information content (AvgIpc) is 2.59. The minimum atomic E-state index is -4.79. The summed E-state index contributed by atoms with van der Waals surface area (Å²) in [6.45, 7) is 15.6. The van der Waals surface area contributed by atoms with Crippen LogP contribution in [0.15, 0.2) is 23.8 Å². The van der Waals surface area contributed by atoms with E-state index in [0.717, 1.165) is 30.3 Å². The van der Waals surface area contributed by atoms with Gasteiger partial charge in [-0.15, -0.1) is 0 Å². The van der Waals surface area contributed by atoms with Crippen LogP contribution in [-0.2, 0) is 23.2 Å². The molecule has 0 aliphatic rings. The quantitative estimate of drug-likeness (QED) is 0.195. The van der Waals surface area contributed by atoms with Crippen LogP contribution in [0, 0.1) is 17.8 Å². The third kappa shape index (κ3) is 16.9. The van der Waals surface area contributed by atoms with E-state index in [1.807, 2.05) is 0 Å². The van der Waals surface area contributed by atoms with E-state index >= 15 is 0 Å². The van der Waals surface area contributed by atoms with Gasteiger partial charge >= 0.3 is 19.8 Å². The van der Waals surface area contributed by atoms with Crippen LogP contribution in [0.1, 0.15) is 99.3 Å². The average molecular weight is 459 g/mol. The molecule has 1 N–H and O–H groups in total. The van der Waals surface area contributed by atoms with Crippen LogP contribution < -0.4 is 0 Å².